The Balaban J connectivity index is 0.00000169. The Bertz CT molecular complexity index is 289. The number of carbonyl (C=O) groups is 1. The molecule has 0 aromatic heterocycles. The molecule has 3 nitrogen and oxygen atoms in total. The lowest BCUT2D eigenvalue weighted by molar-refractivity contribution is -0.139. The summed E-state index contributed by atoms with van der Waals surface area (Å²) in [6.07, 6.45) is 0. The van der Waals surface area contributed by atoms with Gasteiger partial charge in [-0.15, -0.1) is 12.4 Å². The predicted octanol–water partition coefficient (Wildman–Crippen LogP) is 1.62. The second-order valence-electron chi connectivity index (χ2n) is 3.06. The topological polar surface area (TPSA) is 63.3 Å². The first-order valence-electron chi connectivity index (χ1n) is 4.16. The Hall–Kier alpha value is -1.06. The number of carboxylic acids is 1. The summed E-state index contributed by atoms with van der Waals surface area (Å²) in [6, 6.07) is 8.58. The fraction of sp³-hybridized carbons (Fsp3) is 0.300. The van der Waals surface area contributed by atoms with Gasteiger partial charge < -0.3 is 10.8 Å². The van der Waals surface area contributed by atoms with Crippen molar-refractivity contribution in [3.63, 3.8) is 0 Å². The standard InChI is InChI=1S/C10H13NO2.ClH/c1-7(9(11)10(12)13)8-5-3-2-4-6-8;/h2-7,9H,11H2,1H3,(H,12,13);1H/t7-,9+;/m1./s1. The molecule has 0 aliphatic heterocycles. The molecule has 0 bridgehead atoms. The molecule has 1 rings (SSSR count). The summed E-state index contributed by atoms with van der Waals surface area (Å²) in [5.41, 5.74) is 6.45. The number of benzene rings is 1. The average molecular weight is 216 g/mol. The quantitative estimate of drug-likeness (QED) is 0.806. The fourth-order valence-electron chi connectivity index (χ4n) is 1.18. The van der Waals surface area contributed by atoms with Crippen LogP contribution >= 0.6 is 12.4 Å². The maximum absolute atomic E-state index is 10.6. The van der Waals surface area contributed by atoms with Crippen LogP contribution < -0.4 is 5.73 Å². The summed E-state index contributed by atoms with van der Waals surface area (Å²) < 4.78 is 0. The van der Waals surface area contributed by atoms with E-state index in [-0.39, 0.29) is 18.3 Å². The molecule has 0 saturated carbocycles. The molecule has 78 valence electrons. The molecular weight excluding hydrogens is 202 g/mol. The van der Waals surface area contributed by atoms with Gasteiger partial charge in [0.2, 0.25) is 0 Å². The maximum atomic E-state index is 10.6. The highest BCUT2D eigenvalue weighted by atomic mass is 35.5. The first kappa shape index (κ1) is 12.9. The van der Waals surface area contributed by atoms with Gasteiger partial charge in [0, 0.05) is 5.92 Å². The van der Waals surface area contributed by atoms with Crippen molar-refractivity contribution in [2.24, 2.45) is 5.73 Å². The summed E-state index contributed by atoms with van der Waals surface area (Å²) in [4.78, 5) is 10.6. The minimum atomic E-state index is -0.962. The molecule has 14 heavy (non-hydrogen) atoms. The number of hydrogen-bond acceptors (Lipinski definition) is 2. The van der Waals surface area contributed by atoms with Crippen LogP contribution in [0.4, 0.5) is 0 Å². The van der Waals surface area contributed by atoms with Gasteiger partial charge in [-0.05, 0) is 5.56 Å². The van der Waals surface area contributed by atoms with Crippen molar-refractivity contribution < 1.29 is 9.90 Å². The Morgan fingerprint density at radius 3 is 2.29 bits per heavy atom. The zero-order valence-electron chi connectivity index (χ0n) is 7.88. The van der Waals surface area contributed by atoms with E-state index in [1.165, 1.54) is 0 Å². The lowest BCUT2D eigenvalue weighted by Gasteiger charge is -2.15. The molecule has 2 atom stereocenters. The summed E-state index contributed by atoms with van der Waals surface area (Å²) >= 11 is 0. The zero-order chi connectivity index (χ0) is 9.84. The van der Waals surface area contributed by atoms with Crippen molar-refractivity contribution in [3.8, 4) is 0 Å². The number of hydrogen-bond donors (Lipinski definition) is 2. The average Bonchev–Trinajstić information content (AvgIpc) is 2.17. The molecule has 0 amide bonds. The van der Waals surface area contributed by atoms with E-state index >= 15 is 0 Å². The van der Waals surface area contributed by atoms with Crippen LogP contribution in [0.15, 0.2) is 30.3 Å². The molecule has 0 fully saturated rings. The van der Waals surface area contributed by atoms with Gasteiger partial charge in [0.15, 0.2) is 0 Å². The number of nitrogens with two attached hydrogens (primary N) is 1. The minimum Gasteiger partial charge on any atom is -0.480 e. The summed E-state index contributed by atoms with van der Waals surface area (Å²) in [6.45, 7) is 1.81. The molecule has 3 N–H and O–H groups in total. The van der Waals surface area contributed by atoms with Crippen molar-refractivity contribution in [1.29, 1.82) is 0 Å². The molecule has 0 spiro atoms. The Morgan fingerprint density at radius 1 is 1.36 bits per heavy atom. The highest BCUT2D eigenvalue weighted by Gasteiger charge is 2.20. The largest absolute Gasteiger partial charge is 0.480 e. The van der Waals surface area contributed by atoms with Gasteiger partial charge >= 0.3 is 5.97 Å². The summed E-state index contributed by atoms with van der Waals surface area (Å²) in [5, 5.41) is 8.69. The highest BCUT2D eigenvalue weighted by molar-refractivity contribution is 5.85. The van der Waals surface area contributed by atoms with E-state index in [4.69, 9.17) is 10.8 Å². The van der Waals surface area contributed by atoms with Gasteiger partial charge in [-0.3, -0.25) is 4.79 Å². The summed E-state index contributed by atoms with van der Waals surface area (Å²) in [7, 11) is 0. The van der Waals surface area contributed by atoms with E-state index in [1.54, 1.807) is 0 Å². The van der Waals surface area contributed by atoms with E-state index in [2.05, 4.69) is 0 Å². The molecule has 0 heterocycles. The van der Waals surface area contributed by atoms with Crippen LogP contribution in [-0.4, -0.2) is 17.1 Å². The molecule has 0 saturated heterocycles. The first-order chi connectivity index (χ1) is 6.13. The van der Waals surface area contributed by atoms with E-state index in [0.29, 0.717) is 0 Å². The van der Waals surface area contributed by atoms with Crippen LogP contribution in [0.25, 0.3) is 0 Å². The molecule has 1 aromatic rings. The van der Waals surface area contributed by atoms with Crippen molar-refractivity contribution in [1.82, 2.24) is 0 Å². The summed E-state index contributed by atoms with van der Waals surface area (Å²) in [5.74, 6) is -1.12. The maximum Gasteiger partial charge on any atom is 0.321 e. The first-order valence-corrected chi connectivity index (χ1v) is 4.16. The Kier molecular flexibility index (Phi) is 5.20. The van der Waals surface area contributed by atoms with E-state index < -0.39 is 12.0 Å². The molecular formula is C10H14ClNO2. The van der Waals surface area contributed by atoms with Crippen LogP contribution in [0, 0.1) is 0 Å². The van der Waals surface area contributed by atoms with Crippen molar-refractivity contribution in [2.75, 3.05) is 0 Å². The molecule has 0 radical (unpaired) electrons. The fourth-order valence-corrected chi connectivity index (χ4v) is 1.18. The Labute approximate surface area is 89.3 Å². The smallest absolute Gasteiger partial charge is 0.321 e. The Morgan fingerprint density at radius 2 is 1.86 bits per heavy atom. The number of rotatable bonds is 3. The van der Waals surface area contributed by atoms with Crippen molar-refractivity contribution in [2.45, 2.75) is 18.9 Å². The third-order valence-electron chi connectivity index (χ3n) is 2.15. The normalized spacial score (nSPS) is 13.9. The third kappa shape index (κ3) is 3.01. The van der Waals surface area contributed by atoms with Crippen molar-refractivity contribution in [3.05, 3.63) is 35.9 Å². The molecule has 4 heteroatoms. The van der Waals surface area contributed by atoms with E-state index in [0.717, 1.165) is 5.56 Å². The van der Waals surface area contributed by atoms with Crippen molar-refractivity contribution >= 4 is 18.4 Å². The minimum absolute atomic E-state index is 0. The molecule has 0 aliphatic carbocycles. The SMILES string of the molecule is C[C@H](c1ccccc1)[C@H](N)C(=O)O.Cl. The monoisotopic (exact) mass is 215 g/mol. The van der Waals surface area contributed by atoms with Gasteiger partial charge in [0.1, 0.15) is 6.04 Å². The van der Waals surface area contributed by atoms with Crippen LogP contribution in [0.3, 0.4) is 0 Å². The van der Waals surface area contributed by atoms with Gasteiger partial charge in [-0.2, -0.15) is 0 Å². The van der Waals surface area contributed by atoms with E-state index in [1.807, 2.05) is 37.3 Å². The van der Waals surface area contributed by atoms with Crippen LogP contribution in [0.2, 0.25) is 0 Å². The number of halogens is 1. The van der Waals surface area contributed by atoms with Gasteiger partial charge in [0.25, 0.3) is 0 Å². The molecule has 0 unspecified atom stereocenters. The molecule has 1 aromatic carbocycles. The van der Waals surface area contributed by atoms with Crippen LogP contribution in [0.1, 0.15) is 18.4 Å². The second kappa shape index (κ2) is 5.62. The third-order valence-corrected chi connectivity index (χ3v) is 2.15. The van der Waals surface area contributed by atoms with Gasteiger partial charge in [-0.1, -0.05) is 37.3 Å². The predicted molar refractivity (Wildman–Crippen MR) is 57.7 cm³/mol. The number of carboxylic acid groups (broad SMARTS) is 1. The zero-order valence-corrected chi connectivity index (χ0v) is 8.70. The second-order valence-corrected chi connectivity index (χ2v) is 3.06. The van der Waals surface area contributed by atoms with Crippen LogP contribution in [-0.2, 0) is 4.79 Å². The lowest BCUT2D eigenvalue weighted by atomic mass is 9.94. The lowest BCUT2D eigenvalue weighted by Crippen LogP contribution is -2.35. The highest BCUT2D eigenvalue weighted by Crippen LogP contribution is 2.17. The molecule has 0 aliphatic rings. The van der Waals surface area contributed by atoms with E-state index in [9.17, 15) is 4.79 Å². The number of aliphatic carboxylic acids is 1. The van der Waals surface area contributed by atoms with Gasteiger partial charge in [0.05, 0.1) is 0 Å². The van der Waals surface area contributed by atoms with Gasteiger partial charge in [-0.25, -0.2) is 0 Å². The van der Waals surface area contributed by atoms with Crippen LogP contribution in [0.5, 0.6) is 0 Å².